The molecule has 1 heterocycles. The van der Waals surface area contributed by atoms with Gasteiger partial charge in [-0.2, -0.15) is 4.31 Å². The molecule has 20 heavy (non-hydrogen) atoms. The zero-order valence-corrected chi connectivity index (χ0v) is 13.6. The van der Waals surface area contributed by atoms with E-state index in [0.29, 0.717) is 17.3 Å². The van der Waals surface area contributed by atoms with Crippen LogP contribution in [0.1, 0.15) is 12.8 Å². The van der Waals surface area contributed by atoms with Crippen LogP contribution in [0.2, 0.25) is 5.02 Å². The van der Waals surface area contributed by atoms with Gasteiger partial charge in [0.25, 0.3) is 0 Å². The van der Waals surface area contributed by atoms with E-state index in [9.17, 15) is 13.2 Å². The highest BCUT2D eigenvalue weighted by atomic mass is 79.9. The molecule has 0 amide bonds. The Morgan fingerprint density at radius 1 is 1.35 bits per heavy atom. The standard InChI is InChI=1S/C12H13BrClNO4S/c13-9-1-2-10(14)11(7-9)20(18,19)15-5-3-8(4-6-15)12(16)17/h1-2,7-8H,3-6H2,(H,16,17). The lowest BCUT2D eigenvalue weighted by molar-refractivity contribution is -0.142. The van der Waals surface area contributed by atoms with Crippen LogP contribution in [0.5, 0.6) is 0 Å². The van der Waals surface area contributed by atoms with Gasteiger partial charge in [-0.05, 0) is 31.0 Å². The summed E-state index contributed by atoms with van der Waals surface area (Å²) in [6.07, 6.45) is 0.639. The number of sulfonamides is 1. The molecule has 1 aromatic carbocycles. The molecule has 1 fully saturated rings. The molecule has 0 aliphatic carbocycles. The third kappa shape index (κ3) is 3.16. The second kappa shape index (κ2) is 6.01. The molecule has 0 saturated carbocycles. The first-order valence-electron chi connectivity index (χ1n) is 6.00. The lowest BCUT2D eigenvalue weighted by atomic mass is 9.99. The lowest BCUT2D eigenvalue weighted by Crippen LogP contribution is -2.40. The normalized spacial score (nSPS) is 18.1. The van der Waals surface area contributed by atoms with E-state index in [2.05, 4.69) is 15.9 Å². The van der Waals surface area contributed by atoms with Gasteiger partial charge in [0.05, 0.1) is 10.9 Å². The van der Waals surface area contributed by atoms with Gasteiger partial charge in [-0.25, -0.2) is 8.42 Å². The van der Waals surface area contributed by atoms with E-state index in [1.165, 1.54) is 16.4 Å². The molecule has 0 radical (unpaired) electrons. The van der Waals surface area contributed by atoms with Crippen molar-refractivity contribution in [3.8, 4) is 0 Å². The SMILES string of the molecule is O=C(O)C1CCN(S(=O)(=O)c2cc(Br)ccc2Cl)CC1. The molecule has 0 spiro atoms. The van der Waals surface area contributed by atoms with Crippen LogP contribution in [0.15, 0.2) is 27.6 Å². The third-order valence-electron chi connectivity index (χ3n) is 3.31. The van der Waals surface area contributed by atoms with Crippen LogP contribution in [0, 0.1) is 5.92 Å². The molecule has 0 bridgehead atoms. The Kier molecular flexibility index (Phi) is 4.73. The van der Waals surface area contributed by atoms with E-state index >= 15 is 0 Å². The minimum Gasteiger partial charge on any atom is -0.481 e. The van der Waals surface area contributed by atoms with Crippen LogP contribution in [0.25, 0.3) is 0 Å². The van der Waals surface area contributed by atoms with Crippen molar-refractivity contribution in [3.05, 3.63) is 27.7 Å². The topological polar surface area (TPSA) is 74.7 Å². The number of carboxylic acids is 1. The summed E-state index contributed by atoms with van der Waals surface area (Å²) in [6, 6.07) is 4.64. The summed E-state index contributed by atoms with van der Waals surface area (Å²) < 4.78 is 26.9. The Hall–Kier alpha value is -0.630. The first-order valence-corrected chi connectivity index (χ1v) is 8.61. The van der Waals surface area contributed by atoms with E-state index in [-0.39, 0.29) is 23.0 Å². The van der Waals surface area contributed by atoms with Crippen LogP contribution in [0.4, 0.5) is 0 Å². The van der Waals surface area contributed by atoms with Gasteiger partial charge in [0.2, 0.25) is 10.0 Å². The summed E-state index contributed by atoms with van der Waals surface area (Å²) >= 11 is 9.18. The van der Waals surface area contributed by atoms with Crippen LogP contribution < -0.4 is 0 Å². The number of halogens is 2. The van der Waals surface area contributed by atoms with Crippen molar-refractivity contribution >= 4 is 43.5 Å². The number of piperidine rings is 1. The van der Waals surface area contributed by atoms with Crippen LogP contribution >= 0.6 is 27.5 Å². The number of carbonyl (C=O) groups is 1. The first kappa shape index (κ1) is 15.8. The van der Waals surface area contributed by atoms with Crippen molar-refractivity contribution in [2.24, 2.45) is 5.92 Å². The van der Waals surface area contributed by atoms with Crippen molar-refractivity contribution in [3.63, 3.8) is 0 Å². The van der Waals surface area contributed by atoms with E-state index in [0.717, 1.165) is 0 Å². The molecular weight excluding hydrogens is 370 g/mol. The molecule has 5 nitrogen and oxygen atoms in total. The number of rotatable bonds is 3. The predicted molar refractivity (Wildman–Crippen MR) is 78.3 cm³/mol. The van der Waals surface area contributed by atoms with Crippen molar-refractivity contribution < 1.29 is 18.3 Å². The van der Waals surface area contributed by atoms with Gasteiger partial charge in [0, 0.05) is 17.6 Å². The fourth-order valence-corrected chi connectivity index (χ4v) is 4.64. The molecule has 1 aromatic rings. The van der Waals surface area contributed by atoms with Gasteiger partial charge in [0.1, 0.15) is 4.90 Å². The second-order valence-electron chi connectivity index (χ2n) is 4.59. The molecule has 1 aliphatic rings. The third-order valence-corrected chi connectivity index (χ3v) is 6.19. The number of carboxylic acid groups (broad SMARTS) is 1. The molecule has 1 N–H and O–H groups in total. The number of nitrogens with zero attached hydrogens (tertiary/aromatic N) is 1. The number of benzene rings is 1. The summed E-state index contributed by atoms with van der Waals surface area (Å²) in [5, 5.41) is 9.09. The summed E-state index contributed by atoms with van der Waals surface area (Å²) in [4.78, 5) is 10.9. The molecule has 0 aromatic heterocycles. The number of hydrogen-bond donors (Lipinski definition) is 1. The largest absolute Gasteiger partial charge is 0.481 e. The Bertz CT molecular complexity index is 626. The van der Waals surface area contributed by atoms with E-state index in [1.54, 1.807) is 6.07 Å². The highest BCUT2D eigenvalue weighted by Crippen LogP contribution is 2.30. The van der Waals surface area contributed by atoms with E-state index in [1.807, 2.05) is 0 Å². The fourth-order valence-electron chi connectivity index (χ4n) is 2.16. The quantitative estimate of drug-likeness (QED) is 0.872. The average Bonchev–Trinajstić information content (AvgIpc) is 2.41. The highest BCUT2D eigenvalue weighted by molar-refractivity contribution is 9.10. The zero-order valence-electron chi connectivity index (χ0n) is 10.4. The monoisotopic (exact) mass is 381 g/mol. The predicted octanol–water partition coefficient (Wildman–Crippen LogP) is 2.59. The zero-order chi connectivity index (χ0) is 14.9. The fraction of sp³-hybridized carbons (Fsp3) is 0.417. The summed E-state index contributed by atoms with van der Waals surface area (Å²) in [6.45, 7) is 0.393. The van der Waals surface area contributed by atoms with Crippen LogP contribution in [-0.2, 0) is 14.8 Å². The number of hydrogen-bond acceptors (Lipinski definition) is 3. The van der Waals surface area contributed by atoms with Crippen LogP contribution in [0.3, 0.4) is 0 Å². The highest BCUT2D eigenvalue weighted by Gasteiger charge is 2.33. The van der Waals surface area contributed by atoms with Crippen molar-refractivity contribution in [1.82, 2.24) is 4.31 Å². The molecule has 8 heteroatoms. The van der Waals surface area contributed by atoms with Gasteiger partial charge in [-0.3, -0.25) is 4.79 Å². The Morgan fingerprint density at radius 3 is 2.50 bits per heavy atom. The summed E-state index contributed by atoms with van der Waals surface area (Å²) in [5.74, 6) is -1.35. The Balaban J connectivity index is 2.24. The summed E-state index contributed by atoms with van der Waals surface area (Å²) in [7, 11) is -3.69. The van der Waals surface area contributed by atoms with Crippen LogP contribution in [-0.4, -0.2) is 36.9 Å². The first-order chi connectivity index (χ1) is 9.32. The van der Waals surface area contributed by atoms with E-state index in [4.69, 9.17) is 16.7 Å². The van der Waals surface area contributed by atoms with Crippen molar-refractivity contribution in [2.45, 2.75) is 17.7 Å². The molecule has 1 saturated heterocycles. The Labute approximate surface area is 130 Å². The smallest absolute Gasteiger partial charge is 0.306 e. The van der Waals surface area contributed by atoms with Gasteiger partial charge >= 0.3 is 5.97 Å². The Morgan fingerprint density at radius 2 is 1.95 bits per heavy atom. The molecule has 0 unspecified atom stereocenters. The maximum absolute atomic E-state index is 12.5. The maximum atomic E-state index is 12.5. The molecule has 0 atom stereocenters. The maximum Gasteiger partial charge on any atom is 0.306 e. The molecule has 2 rings (SSSR count). The van der Waals surface area contributed by atoms with Crippen molar-refractivity contribution in [1.29, 1.82) is 0 Å². The van der Waals surface area contributed by atoms with E-state index < -0.39 is 21.9 Å². The van der Waals surface area contributed by atoms with Gasteiger partial charge < -0.3 is 5.11 Å². The molecule has 1 aliphatic heterocycles. The molecular formula is C12H13BrClNO4S. The van der Waals surface area contributed by atoms with Gasteiger partial charge in [-0.15, -0.1) is 0 Å². The second-order valence-corrected chi connectivity index (χ2v) is 7.82. The minimum absolute atomic E-state index is 0.0438. The number of aliphatic carboxylic acids is 1. The summed E-state index contributed by atoms with van der Waals surface area (Å²) in [5.41, 5.74) is 0. The lowest BCUT2D eigenvalue weighted by Gasteiger charge is -2.29. The minimum atomic E-state index is -3.69. The average molecular weight is 383 g/mol. The molecule has 110 valence electrons. The van der Waals surface area contributed by atoms with Gasteiger partial charge in [0.15, 0.2) is 0 Å². The van der Waals surface area contributed by atoms with Crippen molar-refractivity contribution in [2.75, 3.05) is 13.1 Å². The van der Waals surface area contributed by atoms with Gasteiger partial charge in [-0.1, -0.05) is 27.5 Å².